The zero-order chi connectivity index (χ0) is 19.2. The van der Waals surface area contributed by atoms with Gasteiger partial charge in [0.1, 0.15) is 17.4 Å². The molecule has 0 spiro atoms. The molecule has 0 aliphatic carbocycles. The van der Waals surface area contributed by atoms with Crippen molar-refractivity contribution in [3.8, 4) is 11.4 Å². The molecule has 0 unspecified atom stereocenters. The van der Waals surface area contributed by atoms with Crippen LogP contribution >= 0.6 is 23.2 Å². The van der Waals surface area contributed by atoms with Gasteiger partial charge in [-0.05, 0) is 48.2 Å². The number of amides is 1. The molecule has 0 atom stereocenters. The van der Waals surface area contributed by atoms with E-state index in [1.54, 1.807) is 6.20 Å². The first-order chi connectivity index (χ1) is 13.1. The third-order valence-electron chi connectivity index (χ3n) is 4.10. The molecule has 1 amide bonds. The van der Waals surface area contributed by atoms with E-state index in [0.29, 0.717) is 41.8 Å². The Kier molecular flexibility index (Phi) is 6.37. The van der Waals surface area contributed by atoms with E-state index in [9.17, 15) is 4.79 Å². The monoisotopic (exact) mass is 403 g/mol. The quantitative estimate of drug-likeness (QED) is 0.452. The molecule has 7 heteroatoms. The molecule has 0 fully saturated rings. The van der Waals surface area contributed by atoms with E-state index in [2.05, 4.69) is 10.4 Å². The van der Waals surface area contributed by atoms with Crippen molar-refractivity contribution in [2.45, 2.75) is 13.3 Å². The SMILES string of the molecule is Cc1cc(Cc2ccc(-n3cccn3)cc2)c(Cl)c(Cl)c1OCCNC=O. The Morgan fingerprint density at radius 3 is 2.67 bits per heavy atom. The predicted molar refractivity (Wildman–Crippen MR) is 107 cm³/mol. The minimum absolute atomic E-state index is 0.323. The second kappa shape index (κ2) is 8.93. The Morgan fingerprint density at radius 1 is 1.22 bits per heavy atom. The number of ether oxygens (including phenoxy) is 1. The third kappa shape index (κ3) is 4.62. The van der Waals surface area contributed by atoms with Gasteiger partial charge in [0.15, 0.2) is 0 Å². The molecule has 1 aromatic heterocycles. The molecule has 0 aliphatic heterocycles. The molecule has 2 aromatic carbocycles. The Hall–Kier alpha value is -2.50. The van der Waals surface area contributed by atoms with Gasteiger partial charge in [0.2, 0.25) is 6.41 Å². The maximum atomic E-state index is 10.3. The fourth-order valence-corrected chi connectivity index (χ4v) is 3.32. The Labute approximate surface area is 167 Å². The van der Waals surface area contributed by atoms with Gasteiger partial charge in [-0.3, -0.25) is 4.79 Å². The standard InChI is InChI=1S/C20H19Cl2N3O2/c1-14-11-16(18(21)19(22)20(14)27-10-8-23-13-26)12-15-3-5-17(6-4-15)25-9-2-7-24-25/h2-7,9,11,13H,8,10,12H2,1H3,(H,23,26). The van der Waals surface area contributed by atoms with Crippen LogP contribution in [0, 0.1) is 6.92 Å². The Morgan fingerprint density at radius 2 is 2.00 bits per heavy atom. The van der Waals surface area contributed by atoms with Crippen molar-refractivity contribution < 1.29 is 9.53 Å². The molecule has 1 N–H and O–H groups in total. The largest absolute Gasteiger partial charge is 0.490 e. The molecular weight excluding hydrogens is 385 g/mol. The lowest BCUT2D eigenvalue weighted by Gasteiger charge is -2.15. The van der Waals surface area contributed by atoms with Crippen LogP contribution in [0.1, 0.15) is 16.7 Å². The van der Waals surface area contributed by atoms with Gasteiger partial charge in [-0.15, -0.1) is 0 Å². The van der Waals surface area contributed by atoms with E-state index in [4.69, 9.17) is 27.9 Å². The van der Waals surface area contributed by atoms with E-state index in [-0.39, 0.29) is 0 Å². The zero-order valence-corrected chi connectivity index (χ0v) is 16.3. The molecule has 0 radical (unpaired) electrons. The number of hydrogen-bond donors (Lipinski definition) is 1. The number of carbonyl (C=O) groups is 1. The van der Waals surface area contributed by atoms with Gasteiger partial charge in [-0.1, -0.05) is 41.4 Å². The van der Waals surface area contributed by atoms with Crippen molar-refractivity contribution in [3.63, 3.8) is 0 Å². The first-order valence-electron chi connectivity index (χ1n) is 8.46. The van der Waals surface area contributed by atoms with Gasteiger partial charge in [0.25, 0.3) is 0 Å². The van der Waals surface area contributed by atoms with Crippen LogP contribution in [0.25, 0.3) is 5.69 Å². The van der Waals surface area contributed by atoms with Crippen LogP contribution in [-0.2, 0) is 11.2 Å². The van der Waals surface area contributed by atoms with Crippen LogP contribution in [0.2, 0.25) is 10.0 Å². The van der Waals surface area contributed by atoms with Gasteiger partial charge in [0, 0.05) is 12.4 Å². The van der Waals surface area contributed by atoms with E-state index in [1.165, 1.54) is 0 Å². The van der Waals surface area contributed by atoms with Gasteiger partial charge >= 0.3 is 0 Å². The lowest BCUT2D eigenvalue weighted by atomic mass is 10.0. The van der Waals surface area contributed by atoms with E-state index in [1.807, 2.05) is 54.2 Å². The third-order valence-corrected chi connectivity index (χ3v) is 4.99. The van der Waals surface area contributed by atoms with Crippen molar-refractivity contribution in [3.05, 3.63) is 75.5 Å². The first kappa shape index (κ1) is 19.3. The van der Waals surface area contributed by atoms with Gasteiger partial charge in [0.05, 0.1) is 17.3 Å². The Balaban J connectivity index is 1.76. The smallest absolute Gasteiger partial charge is 0.207 e. The Bertz CT molecular complexity index is 910. The second-order valence-electron chi connectivity index (χ2n) is 6.02. The van der Waals surface area contributed by atoms with Crippen molar-refractivity contribution >= 4 is 29.6 Å². The van der Waals surface area contributed by atoms with E-state index < -0.39 is 0 Å². The summed E-state index contributed by atoms with van der Waals surface area (Å²) in [4.78, 5) is 10.3. The fourth-order valence-electron chi connectivity index (χ4n) is 2.79. The first-order valence-corrected chi connectivity index (χ1v) is 9.22. The molecule has 3 aromatic rings. The topological polar surface area (TPSA) is 56.1 Å². The molecule has 1 heterocycles. The summed E-state index contributed by atoms with van der Waals surface area (Å²) >= 11 is 12.9. The predicted octanol–water partition coefficient (Wildman–Crippen LogP) is 4.20. The summed E-state index contributed by atoms with van der Waals surface area (Å²) in [5.41, 5.74) is 3.95. The van der Waals surface area contributed by atoms with Crippen LogP contribution in [0.15, 0.2) is 48.8 Å². The number of hydrogen-bond acceptors (Lipinski definition) is 3. The van der Waals surface area contributed by atoms with Crippen LogP contribution in [-0.4, -0.2) is 29.3 Å². The van der Waals surface area contributed by atoms with Gasteiger partial charge in [-0.25, -0.2) is 4.68 Å². The van der Waals surface area contributed by atoms with Crippen molar-refractivity contribution in [2.24, 2.45) is 0 Å². The van der Waals surface area contributed by atoms with Crippen LogP contribution in [0.5, 0.6) is 5.75 Å². The average molecular weight is 404 g/mol. The number of halogens is 2. The molecule has 5 nitrogen and oxygen atoms in total. The van der Waals surface area contributed by atoms with E-state index >= 15 is 0 Å². The summed E-state index contributed by atoms with van der Waals surface area (Å²) in [7, 11) is 0. The van der Waals surface area contributed by atoms with Crippen molar-refractivity contribution in [1.82, 2.24) is 15.1 Å². The minimum Gasteiger partial charge on any atom is -0.490 e. The minimum atomic E-state index is 0.323. The maximum absolute atomic E-state index is 10.3. The number of benzene rings is 2. The molecule has 27 heavy (non-hydrogen) atoms. The number of aryl methyl sites for hydroxylation is 1. The fraction of sp³-hybridized carbons (Fsp3) is 0.200. The summed E-state index contributed by atoms with van der Waals surface area (Å²) in [6.45, 7) is 2.65. The highest BCUT2D eigenvalue weighted by Crippen LogP contribution is 2.38. The van der Waals surface area contributed by atoms with Crippen molar-refractivity contribution in [2.75, 3.05) is 13.2 Å². The normalized spacial score (nSPS) is 10.6. The van der Waals surface area contributed by atoms with Crippen molar-refractivity contribution in [1.29, 1.82) is 0 Å². The molecule has 0 bridgehead atoms. The van der Waals surface area contributed by atoms with E-state index in [0.717, 1.165) is 22.4 Å². The summed E-state index contributed by atoms with van der Waals surface area (Å²) in [6.07, 6.45) is 4.94. The number of aromatic nitrogens is 2. The maximum Gasteiger partial charge on any atom is 0.207 e. The summed E-state index contributed by atoms with van der Waals surface area (Å²) in [5, 5.41) is 7.64. The number of nitrogens with one attached hydrogen (secondary N) is 1. The molecule has 140 valence electrons. The molecular formula is C20H19Cl2N3O2. The average Bonchev–Trinajstić information content (AvgIpc) is 3.21. The molecule has 0 saturated heterocycles. The van der Waals surface area contributed by atoms with Gasteiger partial charge in [-0.2, -0.15) is 5.10 Å². The highest BCUT2D eigenvalue weighted by atomic mass is 35.5. The highest BCUT2D eigenvalue weighted by Gasteiger charge is 2.15. The van der Waals surface area contributed by atoms with Crippen LogP contribution < -0.4 is 10.1 Å². The lowest BCUT2D eigenvalue weighted by Crippen LogP contribution is -2.19. The number of rotatable bonds is 8. The lowest BCUT2D eigenvalue weighted by molar-refractivity contribution is -0.109. The highest BCUT2D eigenvalue weighted by molar-refractivity contribution is 6.43. The van der Waals surface area contributed by atoms with Gasteiger partial charge < -0.3 is 10.1 Å². The summed E-state index contributed by atoms with van der Waals surface area (Å²) in [6, 6.07) is 12.0. The summed E-state index contributed by atoms with van der Waals surface area (Å²) < 4.78 is 7.47. The molecule has 3 rings (SSSR count). The zero-order valence-electron chi connectivity index (χ0n) is 14.8. The van der Waals surface area contributed by atoms with Crippen LogP contribution in [0.3, 0.4) is 0 Å². The summed E-state index contributed by atoms with van der Waals surface area (Å²) in [5.74, 6) is 0.548. The van der Waals surface area contributed by atoms with Crippen LogP contribution in [0.4, 0.5) is 0 Å². The molecule has 0 aliphatic rings. The number of nitrogens with zero attached hydrogens (tertiary/aromatic N) is 2. The second-order valence-corrected chi connectivity index (χ2v) is 6.78. The molecule has 0 saturated carbocycles. The number of carbonyl (C=O) groups excluding carboxylic acids is 1.